The van der Waals surface area contributed by atoms with Gasteiger partial charge in [0.2, 0.25) is 0 Å². The molecule has 2 heterocycles. The summed E-state index contributed by atoms with van der Waals surface area (Å²) in [6.45, 7) is 0.996. The minimum absolute atomic E-state index is 0.222. The Morgan fingerprint density at radius 1 is 1.33 bits per heavy atom. The van der Waals surface area contributed by atoms with Crippen molar-refractivity contribution in [3.8, 4) is 11.3 Å². The van der Waals surface area contributed by atoms with Crippen LogP contribution in [0.2, 0.25) is 0 Å². The van der Waals surface area contributed by atoms with Gasteiger partial charge < -0.3 is 10.3 Å². The van der Waals surface area contributed by atoms with Crippen LogP contribution < -0.4 is 5.32 Å². The van der Waals surface area contributed by atoms with Crippen molar-refractivity contribution in [1.82, 2.24) is 20.3 Å². The number of nitrogens with zero attached hydrogens (tertiary/aromatic N) is 2. The predicted octanol–water partition coefficient (Wildman–Crippen LogP) is 2.11. The van der Waals surface area contributed by atoms with E-state index in [9.17, 15) is 0 Å². The average Bonchev–Trinajstić information content (AvgIpc) is 2.84. The van der Waals surface area contributed by atoms with Crippen LogP contribution in [0.25, 0.3) is 11.3 Å². The molecule has 0 radical (unpaired) electrons. The van der Waals surface area contributed by atoms with Gasteiger partial charge in [0.15, 0.2) is 0 Å². The largest absolute Gasteiger partial charge is 0.341 e. The zero-order valence-electron chi connectivity index (χ0n) is 10.6. The summed E-state index contributed by atoms with van der Waals surface area (Å²) in [5.74, 6) is 1.12. The molecule has 1 aliphatic carbocycles. The van der Waals surface area contributed by atoms with E-state index in [-0.39, 0.29) is 5.41 Å². The SMILES string of the molecule is CNCC1(c2ncc(-c3ccncc3)[nH]2)CCC1. The number of aromatic amines is 1. The van der Waals surface area contributed by atoms with E-state index >= 15 is 0 Å². The first-order valence-electron chi connectivity index (χ1n) is 6.45. The lowest BCUT2D eigenvalue weighted by Gasteiger charge is -2.40. The van der Waals surface area contributed by atoms with Crippen LogP contribution in [-0.2, 0) is 5.41 Å². The van der Waals surface area contributed by atoms with Crippen LogP contribution in [0.3, 0.4) is 0 Å². The number of H-pyrrole nitrogens is 1. The van der Waals surface area contributed by atoms with Gasteiger partial charge in [0.05, 0.1) is 11.9 Å². The summed E-state index contributed by atoms with van der Waals surface area (Å²) >= 11 is 0. The molecule has 3 rings (SSSR count). The van der Waals surface area contributed by atoms with E-state index in [0.29, 0.717) is 0 Å². The first-order valence-corrected chi connectivity index (χ1v) is 6.45. The van der Waals surface area contributed by atoms with Gasteiger partial charge in [-0.1, -0.05) is 6.42 Å². The molecule has 0 unspecified atom stereocenters. The molecule has 1 aliphatic rings. The van der Waals surface area contributed by atoms with Crippen molar-refractivity contribution >= 4 is 0 Å². The van der Waals surface area contributed by atoms with Crippen molar-refractivity contribution in [3.05, 3.63) is 36.5 Å². The maximum Gasteiger partial charge on any atom is 0.114 e. The summed E-state index contributed by atoms with van der Waals surface area (Å²) in [5, 5.41) is 3.29. The van der Waals surface area contributed by atoms with E-state index in [2.05, 4.69) is 20.3 Å². The number of nitrogens with one attached hydrogen (secondary N) is 2. The number of pyridine rings is 1. The number of imidazole rings is 1. The highest BCUT2D eigenvalue weighted by Gasteiger charge is 2.40. The second-order valence-electron chi connectivity index (χ2n) is 5.05. The Kier molecular flexibility index (Phi) is 2.88. The smallest absolute Gasteiger partial charge is 0.114 e. The van der Waals surface area contributed by atoms with Gasteiger partial charge in [-0.2, -0.15) is 0 Å². The molecule has 0 aromatic carbocycles. The third-order valence-corrected chi connectivity index (χ3v) is 3.90. The van der Waals surface area contributed by atoms with Crippen molar-refractivity contribution in [2.24, 2.45) is 0 Å². The average molecular weight is 242 g/mol. The molecule has 2 N–H and O–H groups in total. The Labute approximate surface area is 107 Å². The van der Waals surface area contributed by atoms with Crippen LogP contribution >= 0.6 is 0 Å². The van der Waals surface area contributed by atoms with Crippen molar-refractivity contribution in [2.45, 2.75) is 24.7 Å². The third kappa shape index (κ3) is 1.82. The van der Waals surface area contributed by atoms with Crippen LogP contribution in [0.1, 0.15) is 25.1 Å². The summed E-state index contributed by atoms with van der Waals surface area (Å²) in [6.07, 6.45) is 9.28. The van der Waals surface area contributed by atoms with E-state index in [4.69, 9.17) is 0 Å². The van der Waals surface area contributed by atoms with Gasteiger partial charge in [0, 0.05) is 29.9 Å². The first kappa shape index (κ1) is 11.4. The van der Waals surface area contributed by atoms with Crippen molar-refractivity contribution in [3.63, 3.8) is 0 Å². The normalized spacial score (nSPS) is 17.4. The summed E-state index contributed by atoms with van der Waals surface area (Å²) in [7, 11) is 2.01. The lowest BCUT2D eigenvalue weighted by molar-refractivity contribution is 0.226. The monoisotopic (exact) mass is 242 g/mol. The number of aromatic nitrogens is 3. The number of likely N-dealkylation sites (N-methyl/N-ethyl adjacent to an activating group) is 1. The molecule has 4 nitrogen and oxygen atoms in total. The molecule has 2 aromatic rings. The summed E-state index contributed by atoms with van der Waals surface area (Å²) in [4.78, 5) is 12.1. The van der Waals surface area contributed by atoms with Crippen LogP contribution in [0.5, 0.6) is 0 Å². The molecular weight excluding hydrogens is 224 g/mol. The fraction of sp³-hybridized carbons (Fsp3) is 0.429. The maximum atomic E-state index is 4.59. The molecule has 1 fully saturated rings. The van der Waals surface area contributed by atoms with Gasteiger partial charge in [0.1, 0.15) is 5.82 Å². The second-order valence-corrected chi connectivity index (χ2v) is 5.05. The summed E-state index contributed by atoms with van der Waals surface area (Å²) in [5.41, 5.74) is 2.44. The highest BCUT2D eigenvalue weighted by Crippen LogP contribution is 2.42. The Balaban J connectivity index is 1.90. The van der Waals surface area contributed by atoms with E-state index in [1.54, 1.807) is 0 Å². The standard InChI is InChI=1S/C14H18N4/c1-15-10-14(5-2-6-14)13-17-9-12(18-13)11-3-7-16-8-4-11/h3-4,7-9,15H,2,5-6,10H2,1H3,(H,17,18). The van der Waals surface area contributed by atoms with E-state index in [0.717, 1.165) is 23.6 Å². The minimum atomic E-state index is 0.222. The maximum absolute atomic E-state index is 4.59. The van der Waals surface area contributed by atoms with Gasteiger partial charge in [-0.25, -0.2) is 4.98 Å². The number of rotatable bonds is 4. The molecule has 0 aliphatic heterocycles. The summed E-state index contributed by atoms with van der Waals surface area (Å²) < 4.78 is 0. The number of hydrogen-bond donors (Lipinski definition) is 2. The minimum Gasteiger partial charge on any atom is -0.341 e. The summed E-state index contributed by atoms with van der Waals surface area (Å²) in [6, 6.07) is 4.01. The van der Waals surface area contributed by atoms with E-state index in [1.807, 2.05) is 37.8 Å². The van der Waals surface area contributed by atoms with Gasteiger partial charge >= 0.3 is 0 Å². The van der Waals surface area contributed by atoms with E-state index in [1.165, 1.54) is 19.3 Å². The quantitative estimate of drug-likeness (QED) is 0.863. The zero-order valence-corrected chi connectivity index (χ0v) is 10.6. The van der Waals surface area contributed by atoms with Gasteiger partial charge in [0.25, 0.3) is 0 Å². The molecule has 0 saturated heterocycles. The molecule has 0 amide bonds. The number of hydrogen-bond acceptors (Lipinski definition) is 3. The topological polar surface area (TPSA) is 53.6 Å². The highest BCUT2D eigenvalue weighted by molar-refractivity contribution is 5.57. The highest BCUT2D eigenvalue weighted by atomic mass is 15.0. The second kappa shape index (κ2) is 4.53. The molecule has 4 heteroatoms. The molecular formula is C14H18N4. The Hall–Kier alpha value is -1.68. The molecule has 1 saturated carbocycles. The van der Waals surface area contributed by atoms with Gasteiger partial charge in [-0.3, -0.25) is 4.98 Å². The molecule has 18 heavy (non-hydrogen) atoms. The fourth-order valence-corrected chi connectivity index (χ4v) is 2.71. The van der Waals surface area contributed by atoms with Crippen molar-refractivity contribution < 1.29 is 0 Å². The lowest BCUT2D eigenvalue weighted by Crippen LogP contribution is -2.43. The Morgan fingerprint density at radius 3 is 2.72 bits per heavy atom. The predicted molar refractivity (Wildman–Crippen MR) is 71.3 cm³/mol. The van der Waals surface area contributed by atoms with Crippen LogP contribution in [-0.4, -0.2) is 28.5 Å². The van der Waals surface area contributed by atoms with Crippen LogP contribution in [0, 0.1) is 0 Å². The van der Waals surface area contributed by atoms with Crippen LogP contribution in [0.15, 0.2) is 30.7 Å². The Bertz CT molecular complexity index is 514. The first-order chi connectivity index (χ1) is 8.84. The molecule has 94 valence electrons. The van der Waals surface area contributed by atoms with Gasteiger partial charge in [-0.15, -0.1) is 0 Å². The van der Waals surface area contributed by atoms with Crippen LogP contribution in [0.4, 0.5) is 0 Å². The van der Waals surface area contributed by atoms with Gasteiger partial charge in [-0.05, 0) is 32.0 Å². The molecule has 0 atom stereocenters. The zero-order chi connectivity index (χ0) is 12.4. The molecule has 0 spiro atoms. The molecule has 0 bridgehead atoms. The third-order valence-electron chi connectivity index (χ3n) is 3.90. The van der Waals surface area contributed by atoms with Crippen molar-refractivity contribution in [1.29, 1.82) is 0 Å². The van der Waals surface area contributed by atoms with Crippen molar-refractivity contribution in [2.75, 3.05) is 13.6 Å². The van der Waals surface area contributed by atoms with E-state index < -0.39 is 0 Å². The molecule has 2 aromatic heterocycles. The fourth-order valence-electron chi connectivity index (χ4n) is 2.71. The Morgan fingerprint density at radius 2 is 2.11 bits per heavy atom. The lowest BCUT2D eigenvalue weighted by atomic mass is 9.68.